The Balaban J connectivity index is 1.79. The minimum absolute atomic E-state index is 0.219. The second-order valence-corrected chi connectivity index (χ2v) is 4.86. The third-order valence-corrected chi connectivity index (χ3v) is 3.51. The van der Waals surface area contributed by atoms with Gasteiger partial charge in [0.2, 0.25) is 0 Å². The van der Waals surface area contributed by atoms with E-state index in [0.29, 0.717) is 16.7 Å². The van der Waals surface area contributed by atoms with Gasteiger partial charge in [0, 0.05) is 12.4 Å². The predicted octanol–water partition coefficient (Wildman–Crippen LogP) is 1.32. The lowest BCUT2D eigenvalue weighted by atomic mass is 10.3. The van der Waals surface area contributed by atoms with Crippen LogP contribution in [0, 0.1) is 0 Å². The highest BCUT2D eigenvalue weighted by Crippen LogP contribution is 2.15. The zero-order valence-corrected chi connectivity index (χ0v) is 12.2. The van der Waals surface area contributed by atoms with E-state index in [1.54, 1.807) is 19.4 Å². The SMILES string of the molecule is COc1ccc(Nn2ccc3c(cnc4ncnn43)c2=O)cc1. The van der Waals surface area contributed by atoms with Crippen molar-refractivity contribution in [2.75, 3.05) is 12.5 Å². The molecule has 3 heterocycles. The molecular formula is C15H12N6O2. The lowest BCUT2D eigenvalue weighted by Gasteiger charge is -2.11. The molecule has 0 fully saturated rings. The van der Waals surface area contributed by atoms with Crippen LogP contribution in [0.1, 0.15) is 0 Å². The van der Waals surface area contributed by atoms with Gasteiger partial charge >= 0.3 is 0 Å². The lowest BCUT2D eigenvalue weighted by molar-refractivity contribution is 0.415. The first kappa shape index (κ1) is 13.3. The molecule has 0 atom stereocenters. The minimum atomic E-state index is -0.219. The lowest BCUT2D eigenvalue weighted by Crippen LogP contribution is -2.26. The van der Waals surface area contributed by atoms with Gasteiger partial charge in [-0.2, -0.15) is 14.6 Å². The summed E-state index contributed by atoms with van der Waals surface area (Å²) in [5.41, 5.74) is 4.24. The van der Waals surface area contributed by atoms with Crippen LogP contribution in [-0.2, 0) is 0 Å². The normalized spacial score (nSPS) is 11.0. The fourth-order valence-electron chi connectivity index (χ4n) is 2.36. The maximum absolute atomic E-state index is 12.6. The van der Waals surface area contributed by atoms with Crippen molar-refractivity contribution in [1.29, 1.82) is 0 Å². The molecule has 23 heavy (non-hydrogen) atoms. The predicted molar refractivity (Wildman–Crippen MR) is 84.6 cm³/mol. The average Bonchev–Trinajstić information content (AvgIpc) is 3.07. The Morgan fingerprint density at radius 1 is 1.13 bits per heavy atom. The standard InChI is InChI=1S/C15H12N6O2/c1-23-11-4-2-10(3-5-11)19-20-7-6-13-12(14(20)22)8-16-15-17-9-18-21(13)15/h2-9,19H,1H3. The highest BCUT2D eigenvalue weighted by atomic mass is 16.5. The number of aromatic nitrogens is 5. The fraction of sp³-hybridized carbons (Fsp3) is 0.0667. The molecule has 0 bridgehead atoms. The summed E-state index contributed by atoms with van der Waals surface area (Å²) in [7, 11) is 1.61. The molecule has 4 rings (SSSR count). The van der Waals surface area contributed by atoms with Crippen LogP contribution in [0.3, 0.4) is 0 Å². The van der Waals surface area contributed by atoms with Gasteiger partial charge in [-0.25, -0.2) is 9.66 Å². The van der Waals surface area contributed by atoms with Gasteiger partial charge in [0.25, 0.3) is 11.3 Å². The van der Waals surface area contributed by atoms with Gasteiger partial charge in [0.05, 0.1) is 23.7 Å². The molecule has 0 spiro atoms. The molecule has 0 radical (unpaired) electrons. The number of ether oxygens (including phenoxy) is 1. The highest BCUT2D eigenvalue weighted by molar-refractivity contribution is 5.78. The zero-order valence-electron chi connectivity index (χ0n) is 12.2. The van der Waals surface area contributed by atoms with Crippen LogP contribution in [0.15, 0.2) is 53.8 Å². The molecule has 0 aliphatic carbocycles. The van der Waals surface area contributed by atoms with E-state index in [-0.39, 0.29) is 5.56 Å². The molecule has 8 nitrogen and oxygen atoms in total. The van der Waals surface area contributed by atoms with Crippen molar-refractivity contribution >= 4 is 22.4 Å². The molecule has 0 saturated carbocycles. The number of hydrogen-bond donors (Lipinski definition) is 1. The van der Waals surface area contributed by atoms with E-state index in [9.17, 15) is 4.79 Å². The van der Waals surface area contributed by atoms with Crippen molar-refractivity contribution in [3.05, 3.63) is 59.4 Å². The largest absolute Gasteiger partial charge is 0.497 e. The molecule has 0 unspecified atom stereocenters. The van der Waals surface area contributed by atoms with Crippen LogP contribution in [0.4, 0.5) is 5.69 Å². The Labute approximate surface area is 130 Å². The minimum Gasteiger partial charge on any atom is -0.497 e. The second-order valence-electron chi connectivity index (χ2n) is 4.86. The van der Waals surface area contributed by atoms with Crippen LogP contribution >= 0.6 is 0 Å². The van der Waals surface area contributed by atoms with Crippen LogP contribution in [0.2, 0.25) is 0 Å². The van der Waals surface area contributed by atoms with Gasteiger partial charge < -0.3 is 4.74 Å². The number of methoxy groups -OCH3 is 1. The van der Waals surface area contributed by atoms with Crippen molar-refractivity contribution in [2.45, 2.75) is 0 Å². The third kappa shape index (κ3) is 2.16. The van der Waals surface area contributed by atoms with Crippen LogP contribution in [-0.4, -0.2) is 31.4 Å². The Hall–Kier alpha value is -3.42. The van der Waals surface area contributed by atoms with E-state index >= 15 is 0 Å². The van der Waals surface area contributed by atoms with E-state index in [1.807, 2.05) is 24.3 Å². The average molecular weight is 308 g/mol. The van der Waals surface area contributed by atoms with Gasteiger partial charge in [-0.3, -0.25) is 10.2 Å². The van der Waals surface area contributed by atoms with E-state index < -0.39 is 0 Å². The number of nitrogens with zero attached hydrogens (tertiary/aromatic N) is 5. The van der Waals surface area contributed by atoms with Crippen molar-refractivity contribution in [1.82, 2.24) is 24.3 Å². The number of pyridine rings is 1. The molecule has 8 heteroatoms. The molecule has 0 amide bonds. The summed E-state index contributed by atoms with van der Waals surface area (Å²) in [6, 6.07) is 9.07. The topological polar surface area (TPSA) is 86.3 Å². The van der Waals surface area contributed by atoms with Gasteiger partial charge in [0.1, 0.15) is 12.1 Å². The Morgan fingerprint density at radius 3 is 2.74 bits per heavy atom. The van der Waals surface area contributed by atoms with Gasteiger partial charge in [-0.15, -0.1) is 0 Å². The Kier molecular flexibility index (Phi) is 2.94. The number of fused-ring (bicyclic) bond motifs is 3. The van der Waals surface area contributed by atoms with Gasteiger partial charge in [-0.1, -0.05) is 0 Å². The molecule has 1 aromatic carbocycles. The monoisotopic (exact) mass is 308 g/mol. The number of anilines is 1. The first-order valence-electron chi connectivity index (χ1n) is 6.87. The molecule has 0 aliphatic rings. The number of benzene rings is 1. The van der Waals surface area contributed by atoms with Crippen LogP contribution in [0.25, 0.3) is 16.7 Å². The quantitative estimate of drug-likeness (QED) is 0.614. The molecule has 114 valence electrons. The number of rotatable bonds is 3. The molecular weight excluding hydrogens is 296 g/mol. The van der Waals surface area contributed by atoms with E-state index in [1.165, 1.54) is 21.7 Å². The van der Waals surface area contributed by atoms with E-state index in [0.717, 1.165) is 11.4 Å². The summed E-state index contributed by atoms with van der Waals surface area (Å²) in [6.07, 6.45) is 4.56. The van der Waals surface area contributed by atoms with Crippen LogP contribution in [0.5, 0.6) is 5.75 Å². The molecule has 0 saturated heterocycles. The maximum atomic E-state index is 12.6. The number of hydrogen-bond acceptors (Lipinski definition) is 6. The van der Waals surface area contributed by atoms with Crippen molar-refractivity contribution in [3.8, 4) is 5.75 Å². The smallest absolute Gasteiger partial charge is 0.280 e. The summed E-state index contributed by atoms with van der Waals surface area (Å²) in [6.45, 7) is 0. The van der Waals surface area contributed by atoms with E-state index in [2.05, 4.69) is 20.5 Å². The first-order chi connectivity index (χ1) is 11.3. The second kappa shape index (κ2) is 5.09. The summed E-state index contributed by atoms with van der Waals surface area (Å²) in [4.78, 5) is 20.7. The van der Waals surface area contributed by atoms with Crippen molar-refractivity contribution in [3.63, 3.8) is 0 Å². The first-order valence-corrected chi connectivity index (χ1v) is 6.87. The summed E-state index contributed by atoms with van der Waals surface area (Å²) >= 11 is 0. The van der Waals surface area contributed by atoms with Crippen molar-refractivity contribution < 1.29 is 4.74 Å². The Bertz CT molecular complexity index is 1050. The maximum Gasteiger partial charge on any atom is 0.280 e. The van der Waals surface area contributed by atoms with Gasteiger partial charge in [-0.05, 0) is 30.3 Å². The van der Waals surface area contributed by atoms with Gasteiger partial charge in [0.15, 0.2) is 0 Å². The molecule has 0 aliphatic heterocycles. The molecule has 1 N–H and O–H groups in total. The van der Waals surface area contributed by atoms with E-state index in [4.69, 9.17) is 4.74 Å². The highest BCUT2D eigenvalue weighted by Gasteiger charge is 2.08. The summed E-state index contributed by atoms with van der Waals surface area (Å²) in [5.74, 6) is 1.21. The third-order valence-electron chi connectivity index (χ3n) is 3.51. The summed E-state index contributed by atoms with van der Waals surface area (Å²) in [5, 5.41) is 4.53. The molecule has 4 aromatic rings. The zero-order chi connectivity index (χ0) is 15.8. The Morgan fingerprint density at radius 2 is 1.96 bits per heavy atom. The molecule has 3 aromatic heterocycles. The van der Waals surface area contributed by atoms with Crippen molar-refractivity contribution in [2.24, 2.45) is 0 Å². The number of nitrogens with one attached hydrogen (secondary N) is 1. The van der Waals surface area contributed by atoms with Crippen LogP contribution < -0.4 is 15.7 Å². The summed E-state index contributed by atoms with van der Waals surface area (Å²) < 4.78 is 8.05. The fourth-order valence-corrected chi connectivity index (χ4v) is 2.36.